The first kappa shape index (κ1) is 16.4. The summed E-state index contributed by atoms with van der Waals surface area (Å²) in [4.78, 5) is 11.3. The summed E-state index contributed by atoms with van der Waals surface area (Å²) in [5.41, 5.74) is 0.838. The quantitative estimate of drug-likeness (QED) is 0.488. The van der Waals surface area contributed by atoms with E-state index in [-0.39, 0.29) is 12.5 Å². The van der Waals surface area contributed by atoms with Gasteiger partial charge in [0.15, 0.2) is 0 Å². The van der Waals surface area contributed by atoms with Crippen molar-refractivity contribution in [3.63, 3.8) is 0 Å². The Bertz CT molecular complexity index is 569. The van der Waals surface area contributed by atoms with Crippen molar-refractivity contribution in [2.45, 2.75) is 44.3 Å². The van der Waals surface area contributed by atoms with Crippen LogP contribution in [0.25, 0.3) is 0 Å². The predicted molar refractivity (Wildman–Crippen MR) is 70.2 cm³/mol. The predicted octanol–water partition coefficient (Wildman–Crippen LogP) is 2.54. The van der Waals surface area contributed by atoms with Crippen molar-refractivity contribution in [1.82, 2.24) is 0 Å². The molecule has 0 aromatic rings. The number of alkyl halides is 2. The van der Waals surface area contributed by atoms with E-state index in [1.54, 1.807) is 0 Å². The van der Waals surface area contributed by atoms with Crippen molar-refractivity contribution in [1.29, 1.82) is 0 Å². The van der Waals surface area contributed by atoms with Crippen LogP contribution >= 0.6 is 0 Å². The van der Waals surface area contributed by atoms with Gasteiger partial charge in [0.2, 0.25) is 0 Å². The Hall–Kier alpha value is -1.02. The minimum atomic E-state index is -5.81. The molecule has 0 saturated heterocycles. The topological polar surface area (TPSA) is 80.7 Å². The molecule has 8 heteroatoms. The molecule has 0 radical (unpaired) electrons. The summed E-state index contributed by atoms with van der Waals surface area (Å²) in [5, 5.41) is -4.92. The number of hydrogen-bond acceptors (Lipinski definition) is 4. The van der Waals surface area contributed by atoms with E-state index in [4.69, 9.17) is 4.55 Å². The van der Waals surface area contributed by atoms with Crippen LogP contribution in [-0.2, 0) is 19.6 Å². The lowest BCUT2D eigenvalue weighted by atomic mass is 9.64. The van der Waals surface area contributed by atoms with Gasteiger partial charge in [0.1, 0.15) is 0 Å². The average molecular weight is 324 g/mol. The van der Waals surface area contributed by atoms with Crippen LogP contribution < -0.4 is 0 Å². The highest BCUT2D eigenvalue weighted by Gasteiger charge is 2.55. The van der Waals surface area contributed by atoms with Crippen LogP contribution in [0.3, 0.4) is 0 Å². The van der Waals surface area contributed by atoms with Gasteiger partial charge >= 0.3 is 21.3 Å². The van der Waals surface area contributed by atoms with E-state index in [0.29, 0.717) is 12.8 Å². The second kappa shape index (κ2) is 5.31. The van der Waals surface area contributed by atoms with Crippen LogP contribution in [0.1, 0.15) is 39.0 Å². The molecule has 0 spiro atoms. The highest BCUT2D eigenvalue weighted by Crippen LogP contribution is 2.48. The number of ether oxygens (including phenoxy) is 1. The molecule has 0 aromatic heterocycles. The van der Waals surface area contributed by atoms with Crippen LogP contribution in [-0.4, -0.2) is 30.8 Å². The lowest BCUT2D eigenvalue weighted by Crippen LogP contribution is -2.42. The Kier molecular flexibility index (Phi) is 4.14. The number of carbonyl (C=O) groups is 1. The number of fused-ring (bicyclic) bond motifs is 2. The van der Waals surface area contributed by atoms with Gasteiger partial charge in [-0.1, -0.05) is 18.6 Å². The molecule has 2 rings (SSSR count). The van der Waals surface area contributed by atoms with E-state index in [9.17, 15) is 22.0 Å². The highest BCUT2D eigenvalue weighted by molar-refractivity contribution is 7.87. The summed E-state index contributed by atoms with van der Waals surface area (Å²) in [6.45, 7) is 1.76. The fourth-order valence-corrected chi connectivity index (χ4v) is 3.67. The molecule has 1 saturated carbocycles. The lowest BCUT2D eigenvalue weighted by Gasteiger charge is -2.43. The van der Waals surface area contributed by atoms with Crippen LogP contribution in [0.2, 0.25) is 0 Å². The van der Waals surface area contributed by atoms with E-state index < -0.39 is 26.8 Å². The molecule has 0 heterocycles. The minimum Gasteiger partial charge on any atom is -0.460 e. The van der Waals surface area contributed by atoms with Crippen LogP contribution in [0, 0.1) is 11.3 Å². The number of hydrogen-bond donors (Lipinski definition) is 1. The van der Waals surface area contributed by atoms with Gasteiger partial charge in [-0.25, -0.2) is 4.79 Å². The molecule has 0 amide bonds. The standard InChI is InChI=1S/C13H18F2O5S/c1-9-5-10-3-2-4-12(6-9,7-10)8-20-11(16)13(14,15)21(17,18)19/h5,9H,2-4,6-8H2,1H3,(H,17,18,19). The van der Waals surface area contributed by atoms with Crippen molar-refractivity contribution in [2.75, 3.05) is 6.61 Å². The molecular weight excluding hydrogens is 306 g/mol. The monoisotopic (exact) mass is 324 g/mol. The molecule has 2 unspecified atom stereocenters. The molecule has 1 fully saturated rings. The summed E-state index contributed by atoms with van der Waals surface area (Å²) in [7, 11) is -5.81. The van der Waals surface area contributed by atoms with Gasteiger partial charge in [-0.05, 0) is 38.0 Å². The maximum atomic E-state index is 13.2. The lowest BCUT2D eigenvalue weighted by molar-refractivity contribution is -0.166. The van der Waals surface area contributed by atoms with Crippen molar-refractivity contribution in [3.8, 4) is 0 Å². The molecule has 1 N–H and O–H groups in total. The van der Waals surface area contributed by atoms with Gasteiger partial charge in [-0.2, -0.15) is 17.2 Å². The van der Waals surface area contributed by atoms with Crippen LogP contribution in [0.4, 0.5) is 8.78 Å². The fraction of sp³-hybridized carbons (Fsp3) is 0.769. The summed E-state index contributed by atoms with van der Waals surface area (Å²) in [6, 6.07) is 0. The van der Waals surface area contributed by atoms with E-state index in [0.717, 1.165) is 19.3 Å². The first-order chi connectivity index (χ1) is 9.56. The molecule has 2 aliphatic rings. The third-order valence-electron chi connectivity index (χ3n) is 4.15. The van der Waals surface area contributed by atoms with Crippen molar-refractivity contribution in [2.24, 2.45) is 11.3 Å². The number of carbonyl (C=O) groups excluding carboxylic acids is 1. The molecule has 0 aromatic carbocycles. The number of halogens is 2. The van der Waals surface area contributed by atoms with Gasteiger partial charge in [-0.3, -0.25) is 4.55 Å². The first-order valence-electron chi connectivity index (χ1n) is 6.77. The first-order valence-corrected chi connectivity index (χ1v) is 8.21. The van der Waals surface area contributed by atoms with E-state index in [1.165, 1.54) is 5.57 Å². The Labute approximate surface area is 122 Å². The Morgan fingerprint density at radius 2 is 2.24 bits per heavy atom. The third kappa shape index (κ3) is 3.26. The maximum absolute atomic E-state index is 13.2. The van der Waals surface area contributed by atoms with Gasteiger partial charge in [0.05, 0.1) is 6.61 Å². The third-order valence-corrected chi connectivity index (χ3v) is 4.97. The van der Waals surface area contributed by atoms with Crippen LogP contribution in [0.5, 0.6) is 0 Å². The van der Waals surface area contributed by atoms with Gasteiger partial charge in [-0.15, -0.1) is 0 Å². The SMILES string of the molecule is CC1C=C2CCCC(COC(=O)C(F)(F)S(=O)(=O)O)(C2)C1. The summed E-state index contributed by atoms with van der Waals surface area (Å²) in [5.74, 6) is -1.94. The Balaban J connectivity index is 2.06. The number of esters is 1. The zero-order valence-corrected chi connectivity index (χ0v) is 12.5. The molecule has 2 bridgehead atoms. The summed E-state index contributed by atoms with van der Waals surface area (Å²) >= 11 is 0. The fourth-order valence-electron chi connectivity index (χ4n) is 3.40. The molecule has 2 atom stereocenters. The molecule has 120 valence electrons. The van der Waals surface area contributed by atoms with Crippen LogP contribution in [0.15, 0.2) is 11.6 Å². The Morgan fingerprint density at radius 1 is 1.57 bits per heavy atom. The normalized spacial score (nSPS) is 29.7. The second-order valence-electron chi connectivity index (χ2n) is 6.10. The zero-order chi connectivity index (χ0) is 15.9. The molecular formula is C13H18F2O5S. The van der Waals surface area contributed by atoms with Gasteiger partial charge < -0.3 is 4.74 Å². The van der Waals surface area contributed by atoms with Gasteiger partial charge in [0.25, 0.3) is 0 Å². The van der Waals surface area contributed by atoms with Crippen molar-refractivity contribution < 1.29 is 31.3 Å². The maximum Gasteiger partial charge on any atom is 0.465 e. The molecule has 5 nitrogen and oxygen atoms in total. The second-order valence-corrected chi connectivity index (χ2v) is 7.57. The largest absolute Gasteiger partial charge is 0.465 e. The van der Waals surface area contributed by atoms with Crippen molar-refractivity contribution in [3.05, 3.63) is 11.6 Å². The minimum absolute atomic E-state index is 0.251. The van der Waals surface area contributed by atoms with E-state index >= 15 is 0 Å². The number of rotatable bonds is 4. The number of allylic oxidation sites excluding steroid dienone is 2. The van der Waals surface area contributed by atoms with Gasteiger partial charge in [0, 0.05) is 5.41 Å². The van der Waals surface area contributed by atoms with E-state index in [2.05, 4.69) is 10.8 Å². The smallest absolute Gasteiger partial charge is 0.460 e. The average Bonchev–Trinajstić information content (AvgIpc) is 2.33. The molecule has 21 heavy (non-hydrogen) atoms. The Morgan fingerprint density at radius 3 is 2.86 bits per heavy atom. The molecule has 0 aliphatic heterocycles. The zero-order valence-electron chi connectivity index (χ0n) is 11.6. The highest BCUT2D eigenvalue weighted by atomic mass is 32.2. The summed E-state index contributed by atoms with van der Waals surface area (Å²) < 4.78 is 60.2. The summed E-state index contributed by atoms with van der Waals surface area (Å²) in [6.07, 6.45) is 6.15. The van der Waals surface area contributed by atoms with Crippen molar-refractivity contribution >= 4 is 16.1 Å². The van der Waals surface area contributed by atoms with E-state index in [1.807, 2.05) is 6.92 Å². The molecule has 2 aliphatic carbocycles.